The van der Waals surface area contributed by atoms with Gasteiger partial charge in [-0.2, -0.15) is 0 Å². The highest BCUT2D eigenvalue weighted by Gasteiger charge is 2.50. The van der Waals surface area contributed by atoms with Crippen LogP contribution >= 0.6 is 0 Å². The van der Waals surface area contributed by atoms with E-state index in [4.69, 9.17) is 4.74 Å². The van der Waals surface area contributed by atoms with Crippen LogP contribution in [0.3, 0.4) is 0 Å². The van der Waals surface area contributed by atoms with Crippen molar-refractivity contribution in [2.24, 2.45) is 0 Å². The smallest absolute Gasteiger partial charge is 0.270 e. The van der Waals surface area contributed by atoms with Gasteiger partial charge in [-0.05, 0) is 85.3 Å². The summed E-state index contributed by atoms with van der Waals surface area (Å²) in [5.74, 6) is -4.87. The SMILES string of the molecule is O=C(Cc1cccc(-c2cc(F)cc(F)c2)c1C1CC1)N[C@@H]1[C@@H](O[C@H]2CCN(CC3(F)CC3)C2)CCCC1(F)F. The molecule has 1 amide bonds. The van der Waals surface area contributed by atoms with Gasteiger partial charge in [0.25, 0.3) is 5.92 Å². The molecule has 3 aliphatic carbocycles. The summed E-state index contributed by atoms with van der Waals surface area (Å²) < 4.78 is 78.6. The molecule has 1 N–H and O–H groups in total. The van der Waals surface area contributed by atoms with Crippen molar-refractivity contribution in [1.82, 2.24) is 10.2 Å². The van der Waals surface area contributed by atoms with Gasteiger partial charge in [-0.25, -0.2) is 22.0 Å². The number of rotatable bonds is 9. The van der Waals surface area contributed by atoms with E-state index in [1.165, 1.54) is 12.1 Å². The second-order valence-electron chi connectivity index (χ2n) is 12.2. The molecule has 1 aliphatic heterocycles. The molecule has 3 saturated carbocycles. The molecular weight excluding hydrogens is 527 g/mol. The summed E-state index contributed by atoms with van der Waals surface area (Å²) in [6.07, 6.45) is 2.74. The normalized spacial score (nSPS) is 27.5. The Labute approximate surface area is 231 Å². The number of carbonyl (C=O) groups excluding carboxylic acids is 1. The van der Waals surface area contributed by atoms with Gasteiger partial charge in [0.1, 0.15) is 23.3 Å². The highest BCUT2D eigenvalue weighted by Crippen LogP contribution is 2.47. The molecule has 216 valence electrons. The van der Waals surface area contributed by atoms with E-state index in [2.05, 4.69) is 5.32 Å². The molecule has 3 atom stereocenters. The molecule has 9 heteroatoms. The molecule has 0 aromatic heterocycles. The van der Waals surface area contributed by atoms with Gasteiger partial charge in [0.15, 0.2) is 0 Å². The van der Waals surface area contributed by atoms with Crippen LogP contribution in [-0.4, -0.2) is 60.3 Å². The first-order chi connectivity index (χ1) is 19.1. The van der Waals surface area contributed by atoms with Crippen LogP contribution in [0, 0.1) is 11.6 Å². The average molecular weight is 563 g/mol. The van der Waals surface area contributed by atoms with Crippen molar-refractivity contribution in [3.8, 4) is 11.1 Å². The molecule has 1 saturated heterocycles. The number of benzene rings is 2. The minimum atomic E-state index is -3.12. The maximum absolute atomic E-state index is 15.2. The molecular formula is C31H35F5N2O2. The van der Waals surface area contributed by atoms with E-state index in [-0.39, 0.29) is 24.9 Å². The third kappa shape index (κ3) is 6.20. The molecule has 40 heavy (non-hydrogen) atoms. The zero-order valence-electron chi connectivity index (χ0n) is 22.4. The molecule has 0 bridgehead atoms. The number of carbonyl (C=O) groups is 1. The van der Waals surface area contributed by atoms with Gasteiger partial charge < -0.3 is 10.1 Å². The van der Waals surface area contributed by atoms with Crippen molar-refractivity contribution < 1.29 is 31.5 Å². The summed E-state index contributed by atoms with van der Waals surface area (Å²) in [6.45, 7) is 1.54. The fourth-order valence-electron chi connectivity index (χ4n) is 6.45. The second-order valence-corrected chi connectivity index (χ2v) is 12.2. The lowest BCUT2D eigenvalue weighted by molar-refractivity contribution is -0.151. The number of amides is 1. The van der Waals surface area contributed by atoms with E-state index in [0.29, 0.717) is 68.4 Å². The number of hydrogen-bond donors (Lipinski definition) is 1. The van der Waals surface area contributed by atoms with Gasteiger partial charge in [-0.1, -0.05) is 18.2 Å². The van der Waals surface area contributed by atoms with Crippen LogP contribution < -0.4 is 5.32 Å². The van der Waals surface area contributed by atoms with Crippen LogP contribution in [0.25, 0.3) is 11.1 Å². The maximum Gasteiger partial charge on any atom is 0.270 e. The van der Waals surface area contributed by atoms with E-state index < -0.39 is 41.3 Å². The van der Waals surface area contributed by atoms with Crippen molar-refractivity contribution in [1.29, 1.82) is 0 Å². The van der Waals surface area contributed by atoms with E-state index in [9.17, 15) is 18.0 Å². The Morgan fingerprint density at radius 3 is 2.45 bits per heavy atom. The monoisotopic (exact) mass is 562 g/mol. The van der Waals surface area contributed by atoms with Gasteiger partial charge in [0.05, 0.1) is 18.6 Å². The van der Waals surface area contributed by atoms with Crippen molar-refractivity contribution in [3.05, 3.63) is 59.2 Å². The van der Waals surface area contributed by atoms with Crippen LogP contribution in [0.1, 0.15) is 68.4 Å². The number of likely N-dealkylation sites (tertiary alicyclic amines) is 1. The largest absolute Gasteiger partial charge is 0.371 e. The Bertz CT molecular complexity index is 1240. The van der Waals surface area contributed by atoms with Crippen LogP contribution in [0.2, 0.25) is 0 Å². The highest BCUT2D eigenvalue weighted by atomic mass is 19.3. The van der Waals surface area contributed by atoms with Crippen LogP contribution in [0.4, 0.5) is 22.0 Å². The fourth-order valence-corrected chi connectivity index (χ4v) is 6.45. The van der Waals surface area contributed by atoms with Crippen LogP contribution in [0.5, 0.6) is 0 Å². The average Bonchev–Trinajstić information content (AvgIpc) is 3.80. The Balaban J connectivity index is 1.16. The Morgan fingerprint density at radius 1 is 1.00 bits per heavy atom. The van der Waals surface area contributed by atoms with E-state index in [0.717, 1.165) is 24.5 Å². The summed E-state index contributed by atoms with van der Waals surface area (Å²) in [6, 6.07) is 7.17. The van der Waals surface area contributed by atoms with Gasteiger partial charge in [-0.15, -0.1) is 0 Å². The first kappa shape index (κ1) is 27.6. The Morgan fingerprint density at radius 2 is 1.75 bits per heavy atom. The summed E-state index contributed by atoms with van der Waals surface area (Å²) in [7, 11) is 0. The molecule has 1 heterocycles. The fraction of sp³-hybridized carbons (Fsp3) is 0.581. The number of alkyl halides is 3. The minimum absolute atomic E-state index is 0.118. The van der Waals surface area contributed by atoms with Gasteiger partial charge in [-0.3, -0.25) is 9.69 Å². The first-order valence-electron chi connectivity index (χ1n) is 14.4. The molecule has 0 spiro atoms. The third-order valence-electron chi connectivity index (χ3n) is 8.74. The van der Waals surface area contributed by atoms with Crippen LogP contribution in [0.15, 0.2) is 36.4 Å². The van der Waals surface area contributed by atoms with E-state index >= 15 is 8.78 Å². The lowest BCUT2D eigenvalue weighted by Gasteiger charge is -2.39. The number of hydrogen-bond acceptors (Lipinski definition) is 3. The Kier molecular flexibility index (Phi) is 7.40. The number of nitrogens with one attached hydrogen (secondary N) is 1. The van der Waals surface area contributed by atoms with E-state index in [1.54, 1.807) is 18.2 Å². The molecule has 4 aliphatic rings. The van der Waals surface area contributed by atoms with E-state index in [1.807, 2.05) is 4.90 Å². The number of nitrogens with zero attached hydrogens (tertiary/aromatic N) is 1. The Hall–Kier alpha value is -2.52. The third-order valence-corrected chi connectivity index (χ3v) is 8.74. The topological polar surface area (TPSA) is 41.6 Å². The standard InChI is InChI=1S/C31H35F5N2O2/c32-22-13-21(14-23(33)16-22)25-4-1-3-20(28(25)19-6-7-19)15-27(39)37-29-26(5-2-9-31(29,35)36)40-24-8-12-38(17-24)18-30(34)10-11-30/h1,3-4,13-14,16,19,24,26,29H,2,5-12,15,17-18H2,(H,37,39)/t24-,26-,29+/m0/s1. The zero-order chi connectivity index (χ0) is 28.1. The van der Waals surface area contributed by atoms with Gasteiger partial charge in [0.2, 0.25) is 5.91 Å². The maximum atomic E-state index is 15.2. The van der Waals surface area contributed by atoms with Crippen molar-refractivity contribution in [2.75, 3.05) is 19.6 Å². The lowest BCUT2D eigenvalue weighted by atomic mass is 9.87. The zero-order valence-corrected chi connectivity index (χ0v) is 22.4. The molecule has 2 aromatic rings. The highest BCUT2D eigenvalue weighted by molar-refractivity contribution is 5.81. The summed E-state index contributed by atoms with van der Waals surface area (Å²) in [5, 5.41) is 2.60. The lowest BCUT2D eigenvalue weighted by Crippen LogP contribution is -2.58. The van der Waals surface area contributed by atoms with Crippen molar-refractivity contribution in [3.63, 3.8) is 0 Å². The molecule has 0 radical (unpaired) electrons. The second kappa shape index (κ2) is 10.7. The number of halogens is 5. The molecule has 2 aromatic carbocycles. The quantitative estimate of drug-likeness (QED) is 0.364. The summed E-state index contributed by atoms with van der Waals surface area (Å²) in [4.78, 5) is 15.3. The van der Waals surface area contributed by atoms with Gasteiger partial charge in [0, 0.05) is 32.1 Å². The summed E-state index contributed by atoms with van der Waals surface area (Å²) in [5.41, 5.74) is 1.45. The number of ether oxygens (including phenoxy) is 1. The molecule has 0 unspecified atom stereocenters. The summed E-state index contributed by atoms with van der Waals surface area (Å²) >= 11 is 0. The predicted molar refractivity (Wildman–Crippen MR) is 141 cm³/mol. The predicted octanol–water partition coefficient (Wildman–Crippen LogP) is 6.32. The first-order valence-corrected chi connectivity index (χ1v) is 14.4. The molecule has 4 nitrogen and oxygen atoms in total. The van der Waals surface area contributed by atoms with Gasteiger partial charge >= 0.3 is 0 Å². The van der Waals surface area contributed by atoms with Crippen molar-refractivity contribution in [2.45, 2.75) is 93.5 Å². The van der Waals surface area contributed by atoms with Crippen LogP contribution in [-0.2, 0) is 16.0 Å². The minimum Gasteiger partial charge on any atom is -0.371 e. The molecule has 6 rings (SSSR count). The van der Waals surface area contributed by atoms with Crippen molar-refractivity contribution >= 4 is 5.91 Å². The molecule has 4 fully saturated rings.